The Hall–Kier alpha value is -1.10. The highest BCUT2D eigenvalue weighted by Gasteiger charge is 2.50. The van der Waals surface area contributed by atoms with E-state index in [0.29, 0.717) is 19.4 Å². The maximum Gasteiger partial charge on any atom is 0.306 e. The molecule has 0 heterocycles. The Bertz CT molecular complexity index is 330. The van der Waals surface area contributed by atoms with Crippen LogP contribution in [0.5, 0.6) is 0 Å². The fraction of sp³-hybridized carbons (Fsp3) is 0.846. The summed E-state index contributed by atoms with van der Waals surface area (Å²) in [5.74, 6) is -0.854. The number of hydrogen-bond donors (Lipinski definition) is 2. The quantitative estimate of drug-likeness (QED) is 0.773. The minimum atomic E-state index is -0.710. The fourth-order valence-corrected chi connectivity index (χ4v) is 2.69. The number of carboxylic acid groups (broad SMARTS) is 1. The van der Waals surface area contributed by atoms with Crippen LogP contribution in [0.25, 0.3) is 0 Å². The average molecular weight is 255 g/mol. The molecule has 0 radical (unpaired) electrons. The van der Waals surface area contributed by atoms with Gasteiger partial charge in [-0.15, -0.1) is 0 Å². The Labute approximate surface area is 107 Å². The van der Waals surface area contributed by atoms with Gasteiger partial charge >= 0.3 is 5.97 Å². The number of hydrogen-bond acceptors (Lipinski definition) is 3. The van der Waals surface area contributed by atoms with Crippen LogP contribution in [-0.4, -0.2) is 36.7 Å². The summed E-state index contributed by atoms with van der Waals surface area (Å²) in [6.07, 6.45) is 4.67. The fourth-order valence-electron chi connectivity index (χ4n) is 2.69. The predicted molar refractivity (Wildman–Crippen MR) is 65.1 cm³/mol. The summed E-state index contributed by atoms with van der Waals surface area (Å²) in [5, 5.41) is 12.0. The lowest BCUT2D eigenvalue weighted by Gasteiger charge is -2.28. The van der Waals surface area contributed by atoms with Gasteiger partial charge < -0.3 is 15.2 Å². The zero-order valence-corrected chi connectivity index (χ0v) is 10.8. The van der Waals surface area contributed by atoms with Crippen molar-refractivity contribution in [2.24, 2.45) is 11.3 Å². The molecular formula is C13H21NO4. The van der Waals surface area contributed by atoms with Crippen molar-refractivity contribution in [1.82, 2.24) is 5.32 Å². The topological polar surface area (TPSA) is 75.6 Å². The lowest BCUT2D eigenvalue weighted by atomic mass is 9.86. The van der Waals surface area contributed by atoms with Crippen LogP contribution in [0.1, 0.15) is 38.5 Å². The van der Waals surface area contributed by atoms with Gasteiger partial charge in [-0.25, -0.2) is 0 Å². The first kappa shape index (κ1) is 13.3. The molecule has 0 saturated heterocycles. The molecule has 2 aliphatic carbocycles. The van der Waals surface area contributed by atoms with Crippen molar-refractivity contribution >= 4 is 11.9 Å². The maximum atomic E-state index is 12.1. The van der Waals surface area contributed by atoms with Crippen molar-refractivity contribution in [2.75, 3.05) is 13.7 Å². The molecule has 0 atom stereocenters. The number of nitrogens with one attached hydrogen (secondary N) is 1. The molecule has 2 fully saturated rings. The van der Waals surface area contributed by atoms with Crippen LogP contribution in [0.3, 0.4) is 0 Å². The van der Waals surface area contributed by atoms with E-state index in [1.807, 2.05) is 0 Å². The van der Waals surface area contributed by atoms with Crippen molar-refractivity contribution in [3.8, 4) is 0 Å². The second-order valence-electron chi connectivity index (χ2n) is 5.57. The summed E-state index contributed by atoms with van der Waals surface area (Å²) >= 11 is 0. The molecule has 18 heavy (non-hydrogen) atoms. The lowest BCUT2D eigenvalue weighted by molar-refractivity contribution is -0.142. The van der Waals surface area contributed by atoms with Crippen LogP contribution in [-0.2, 0) is 14.3 Å². The molecule has 2 N–H and O–H groups in total. The van der Waals surface area contributed by atoms with Gasteiger partial charge in [-0.3, -0.25) is 9.59 Å². The van der Waals surface area contributed by atoms with E-state index >= 15 is 0 Å². The largest absolute Gasteiger partial charge is 0.481 e. The van der Waals surface area contributed by atoms with Gasteiger partial charge in [0.25, 0.3) is 0 Å². The molecule has 0 aliphatic heterocycles. The molecule has 0 aromatic heterocycles. The number of aliphatic carboxylic acids is 1. The predicted octanol–water partition coefficient (Wildman–Crippen LogP) is 1.17. The molecule has 0 aromatic rings. The summed E-state index contributed by atoms with van der Waals surface area (Å²) in [7, 11) is 1.62. The van der Waals surface area contributed by atoms with Crippen molar-refractivity contribution in [3.05, 3.63) is 0 Å². The molecule has 2 rings (SSSR count). The Morgan fingerprint density at radius 1 is 1.28 bits per heavy atom. The standard InChI is InChI=1S/C13H21NO4/c1-18-8-13(6-7-13)12(17)14-10-4-2-9(3-5-10)11(15)16/h9-10H,2-8H2,1H3,(H,14,17)(H,15,16). The van der Waals surface area contributed by atoms with Gasteiger partial charge in [-0.2, -0.15) is 0 Å². The first-order valence-corrected chi connectivity index (χ1v) is 6.60. The highest BCUT2D eigenvalue weighted by atomic mass is 16.5. The molecule has 102 valence electrons. The zero-order chi connectivity index (χ0) is 13.2. The van der Waals surface area contributed by atoms with Gasteiger partial charge in [0.2, 0.25) is 5.91 Å². The molecule has 0 aromatic carbocycles. The smallest absolute Gasteiger partial charge is 0.306 e. The van der Waals surface area contributed by atoms with E-state index in [1.54, 1.807) is 7.11 Å². The van der Waals surface area contributed by atoms with Crippen LogP contribution in [0, 0.1) is 11.3 Å². The molecule has 0 bridgehead atoms. The average Bonchev–Trinajstić information content (AvgIpc) is 3.11. The lowest BCUT2D eigenvalue weighted by Crippen LogP contribution is -2.43. The Kier molecular flexibility index (Phi) is 3.90. The summed E-state index contributed by atoms with van der Waals surface area (Å²) < 4.78 is 5.09. The van der Waals surface area contributed by atoms with Crippen molar-refractivity contribution in [3.63, 3.8) is 0 Å². The number of rotatable bonds is 5. The summed E-state index contributed by atoms with van der Waals surface area (Å²) in [6, 6.07) is 0.141. The molecule has 0 unspecified atom stereocenters. The van der Waals surface area contributed by atoms with Gasteiger partial charge in [0, 0.05) is 13.2 Å². The summed E-state index contributed by atoms with van der Waals surface area (Å²) in [5.41, 5.74) is -0.293. The van der Waals surface area contributed by atoms with Crippen LogP contribution in [0.2, 0.25) is 0 Å². The first-order valence-electron chi connectivity index (χ1n) is 6.60. The van der Waals surface area contributed by atoms with Crippen LogP contribution in [0.4, 0.5) is 0 Å². The number of amides is 1. The molecule has 1 amide bonds. The van der Waals surface area contributed by atoms with E-state index in [1.165, 1.54) is 0 Å². The first-order chi connectivity index (χ1) is 8.57. The Morgan fingerprint density at radius 3 is 2.33 bits per heavy atom. The van der Waals surface area contributed by atoms with Gasteiger partial charge in [-0.1, -0.05) is 0 Å². The molecule has 5 nitrogen and oxygen atoms in total. The van der Waals surface area contributed by atoms with Crippen molar-refractivity contribution in [2.45, 2.75) is 44.6 Å². The van der Waals surface area contributed by atoms with Crippen molar-refractivity contribution < 1.29 is 19.4 Å². The Balaban J connectivity index is 1.78. The van der Waals surface area contributed by atoms with E-state index in [9.17, 15) is 9.59 Å². The van der Waals surface area contributed by atoms with E-state index in [0.717, 1.165) is 25.7 Å². The normalized spacial score (nSPS) is 29.6. The number of carbonyl (C=O) groups is 2. The van der Waals surface area contributed by atoms with E-state index in [-0.39, 0.29) is 23.3 Å². The van der Waals surface area contributed by atoms with Crippen molar-refractivity contribution in [1.29, 1.82) is 0 Å². The van der Waals surface area contributed by atoms with E-state index in [4.69, 9.17) is 9.84 Å². The van der Waals surface area contributed by atoms with E-state index in [2.05, 4.69) is 5.32 Å². The third-order valence-corrected chi connectivity index (χ3v) is 4.17. The third-order valence-electron chi connectivity index (χ3n) is 4.17. The Morgan fingerprint density at radius 2 is 1.89 bits per heavy atom. The molecule has 0 spiro atoms. The zero-order valence-electron chi connectivity index (χ0n) is 10.8. The summed E-state index contributed by atoms with van der Waals surface area (Å²) in [4.78, 5) is 22.9. The maximum absolute atomic E-state index is 12.1. The molecule has 2 saturated carbocycles. The van der Waals surface area contributed by atoms with Crippen LogP contribution >= 0.6 is 0 Å². The second-order valence-corrected chi connectivity index (χ2v) is 5.57. The molecule has 5 heteroatoms. The second kappa shape index (κ2) is 5.26. The monoisotopic (exact) mass is 255 g/mol. The number of carbonyl (C=O) groups excluding carboxylic acids is 1. The molecule has 2 aliphatic rings. The highest BCUT2D eigenvalue weighted by Crippen LogP contribution is 2.46. The number of ether oxygens (including phenoxy) is 1. The number of methoxy groups -OCH3 is 1. The van der Waals surface area contributed by atoms with Gasteiger partial charge in [0.05, 0.1) is 17.9 Å². The minimum Gasteiger partial charge on any atom is -0.481 e. The summed E-state index contributed by atoms with van der Waals surface area (Å²) in [6.45, 7) is 0.489. The van der Waals surface area contributed by atoms with Gasteiger partial charge in [0.1, 0.15) is 0 Å². The molecular weight excluding hydrogens is 234 g/mol. The SMILES string of the molecule is COCC1(C(=O)NC2CCC(C(=O)O)CC2)CC1. The van der Waals surface area contributed by atoms with E-state index < -0.39 is 5.97 Å². The van der Waals surface area contributed by atoms with Crippen LogP contribution in [0.15, 0.2) is 0 Å². The number of carboxylic acids is 1. The highest BCUT2D eigenvalue weighted by molar-refractivity contribution is 5.85. The van der Waals surface area contributed by atoms with Gasteiger partial charge in [0.15, 0.2) is 0 Å². The van der Waals surface area contributed by atoms with Crippen LogP contribution < -0.4 is 5.32 Å². The van der Waals surface area contributed by atoms with Gasteiger partial charge in [-0.05, 0) is 38.5 Å². The minimum absolute atomic E-state index is 0.0862. The third kappa shape index (κ3) is 2.83.